The number of hydrogen-bond acceptors (Lipinski definition) is 2. The number of hydrogen-bond donors (Lipinski definition) is 1. The van der Waals surface area contributed by atoms with Gasteiger partial charge in [0.25, 0.3) is 0 Å². The summed E-state index contributed by atoms with van der Waals surface area (Å²) < 4.78 is 0. The second kappa shape index (κ2) is 4.53. The third-order valence-electron chi connectivity index (χ3n) is 2.34. The molecule has 0 aliphatic heterocycles. The third kappa shape index (κ3) is 2.42. The molecule has 0 fully saturated rings. The summed E-state index contributed by atoms with van der Waals surface area (Å²) in [5, 5.41) is 9.50. The number of benzene rings is 1. The van der Waals surface area contributed by atoms with E-state index < -0.39 is 5.97 Å². The van der Waals surface area contributed by atoms with Gasteiger partial charge < -0.3 is 10.0 Å². The van der Waals surface area contributed by atoms with Crippen molar-refractivity contribution in [1.29, 1.82) is 0 Å². The summed E-state index contributed by atoms with van der Waals surface area (Å²) >= 11 is 6.01. The molecule has 3 nitrogen and oxygen atoms in total. The van der Waals surface area contributed by atoms with Gasteiger partial charge in [0.05, 0.1) is 16.3 Å². The Kier molecular flexibility index (Phi) is 3.58. The predicted octanol–water partition coefficient (Wildman–Crippen LogP) is 2.88. The van der Waals surface area contributed by atoms with E-state index in [1.165, 1.54) is 0 Å². The van der Waals surface area contributed by atoms with Crippen molar-refractivity contribution in [2.24, 2.45) is 0 Å². The van der Waals surface area contributed by atoms with E-state index in [1.54, 1.807) is 18.2 Å². The predicted molar refractivity (Wildman–Crippen MR) is 62.0 cm³/mol. The summed E-state index contributed by atoms with van der Waals surface area (Å²) in [4.78, 5) is 12.9. The fraction of sp³-hybridized carbons (Fsp3) is 0.364. The molecule has 0 aliphatic rings. The lowest BCUT2D eigenvalue weighted by Crippen LogP contribution is -2.27. The Hall–Kier alpha value is -1.22. The highest BCUT2D eigenvalue weighted by Gasteiger charge is 2.17. The van der Waals surface area contributed by atoms with Crippen LogP contribution in [0.25, 0.3) is 0 Å². The molecule has 0 aromatic heterocycles. The van der Waals surface area contributed by atoms with Crippen LogP contribution < -0.4 is 4.90 Å². The number of aromatic carboxylic acids is 1. The average molecular weight is 228 g/mol. The van der Waals surface area contributed by atoms with Crippen molar-refractivity contribution in [3.63, 3.8) is 0 Å². The molecule has 0 radical (unpaired) electrons. The van der Waals surface area contributed by atoms with Crippen molar-refractivity contribution >= 4 is 23.3 Å². The van der Waals surface area contributed by atoms with Crippen LogP contribution in [0.3, 0.4) is 0 Å². The van der Waals surface area contributed by atoms with Gasteiger partial charge in [-0.1, -0.05) is 17.7 Å². The zero-order valence-corrected chi connectivity index (χ0v) is 9.75. The molecular formula is C11H14ClNO2. The Morgan fingerprint density at radius 1 is 1.47 bits per heavy atom. The minimum atomic E-state index is -0.958. The molecule has 0 spiro atoms. The summed E-state index contributed by atoms with van der Waals surface area (Å²) in [5.74, 6) is -0.958. The summed E-state index contributed by atoms with van der Waals surface area (Å²) in [6.07, 6.45) is 0. The van der Waals surface area contributed by atoms with Crippen molar-refractivity contribution in [3.8, 4) is 0 Å². The minimum absolute atomic E-state index is 0.197. The van der Waals surface area contributed by atoms with E-state index in [0.717, 1.165) is 0 Å². The Morgan fingerprint density at radius 3 is 2.53 bits per heavy atom. The van der Waals surface area contributed by atoms with E-state index in [1.807, 2.05) is 25.8 Å². The lowest BCUT2D eigenvalue weighted by atomic mass is 10.1. The summed E-state index contributed by atoms with van der Waals surface area (Å²) in [6.45, 7) is 3.96. The first-order chi connectivity index (χ1) is 6.95. The molecule has 0 aliphatic carbocycles. The number of anilines is 1. The maximum Gasteiger partial charge on any atom is 0.337 e. The van der Waals surface area contributed by atoms with E-state index in [-0.39, 0.29) is 11.6 Å². The number of rotatable bonds is 3. The van der Waals surface area contributed by atoms with Crippen molar-refractivity contribution in [3.05, 3.63) is 28.8 Å². The van der Waals surface area contributed by atoms with Gasteiger partial charge in [-0.25, -0.2) is 4.79 Å². The zero-order valence-electron chi connectivity index (χ0n) is 8.99. The normalized spacial score (nSPS) is 10.5. The standard InChI is InChI=1S/C11H14ClNO2/c1-7(2)13(3)10-8(11(14)15)5-4-6-9(10)12/h4-7H,1-3H3,(H,14,15). The largest absolute Gasteiger partial charge is 0.478 e. The van der Waals surface area contributed by atoms with Crippen molar-refractivity contribution in [1.82, 2.24) is 0 Å². The van der Waals surface area contributed by atoms with E-state index in [4.69, 9.17) is 16.7 Å². The molecule has 1 aromatic rings. The SMILES string of the molecule is CC(C)N(C)c1c(Cl)cccc1C(=O)O. The first kappa shape index (κ1) is 11.9. The molecule has 82 valence electrons. The van der Waals surface area contributed by atoms with Crippen LogP contribution in [0.1, 0.15) is 24.2 Å². The minimum Gasteiger partial charge on any atom is -0.478 e. The Labute approximate surface area is 94.3 Å². The highest BCUT2D eigenvalue weighted by Crippen LogP contribution is 2.30. The lowest BCUT2D eigenvalue weighted by molar-refractivity contribution is 0.0697. The third-order valence-corrected chi connectivity index (χ3v) is 2.65. The monoisotopic (exact) mass is 227 g/mol. The number of nitrogens with zero attached hydrogens (tertiary/aromatic N) is 1. The fourth-order valence-electron chi connectivity index (χ4n) is 1.30. The molecule has 0 unspecified atom stereocenters. The number of halogens is 1. The van der Waals surface area contributed by atoms with Gasteiger partial charge in [0.1, 0.15) is 0 Å². The molecule has 0 heterocycles. The Bertz CT molecular complexity index is 377. The maximum atomic E-state index is 11.0. The van der Waals surface area contributed by atoms with E-state index in [2.05, 4.69) is 0 Å². The van der Waals surface area contributed by atoms with Gasteiger partial charge in [0.15, 0.2) is 0 Å². The Balaban J connectivity index is 3.30. The van der Waals surface area contributed by atoms with Gasteiger partial charge in [-0.05, 0) is 26.0 Å². The van der Waals surface area contributed by atoms with E-state index >= 15 is 0 Å². The molecule has 0 bridgehead atoms. The fourth-order valence-corrected chi connectivity index (χ4v) is 1.61. The van der Waals surface area contributed by atoms with Crippen molar-refractivity contribution in [2.75, 3.05) is 11.9 Å². The molecule has 1 rings (SSSR count). The van der Waals surface area contributed by atoms with E-state index in [9.17, 15) is 4.79 Å². The number of carboxylic acid groups (broad SMARTS) is 1. The molecule has 0 saturated heterocycles. The summed E-state index contributed by atoms with van der Waals surface area (Å²) in [5.41, 5.74) is 0.806. The van der Waals surface area contributed by atoms with Crippen LogP contribution in [0.15, 0.2) is 18.2 Å². The maximum absolute atomic E-state index is 11.0. The zero-order chi connectivity index (χ0) is 11.6. The smallest absolute Gasteiger partial charge is 0.337 e. The van der Waals surface area contributed by atoms with Crippen LogP contribution in [0.5, 0.6) is 0 Å². The van der Waals surface area contributed by atoms with E-state index in [0.29, 0.717) is 10.7 Å². The summed E-state index contributed by atoms with van der Waals surface area (Å²) in [7, 11) is 1.83. The van der Waals surface area contributed by atoms with Crippen LogP contribution in [0.2, 0.25) is 5.02 Å². The molecule has 15 heavy (non-hydrogen) atoms. The van der Waals surface area contributed by atoms with Crippen LogP contribution >= 0.6 is 11.6 Å². The number of para-hydroxylation sites is 1. The molecule has 0 saturated carbocycles. The molecule has 0 amide bonds. The second-order valence-electron chi connectivity index (χ2n) is 3.65. The molecule has 0 atom stereocenters. The van der Waals surface area contributed by atoms with Gasteiger partial charge in [0.2, 0.25) is 0 Å². The number of carboxylic acids is 1. The first-order valence-corrected chi connectivity index (χ1v) is 5.07. The van der Waals surface area contributed by atoms with Gasteiger partial charge in [-0.3, -0.25) is 0 Å². The van der Waals surface area contributed by atoms with Crippen LogP contribution in [0.4, 0.5) is 5.69 Å². The van der Waals surface area contributed by atoms with Gasteiger partial charge >= 0.3 is 5.97 Å². The molecule has 4 heteroatoms. The van der Waals surface area contributed by atoms with Crippen LogP contribution in [-0.4, -0.2) is 24.2 Å². The van der Waals surface area contributed by atoms with Gasteiger partial charge in [-0.15, -0.1) is 0 Å². The van der Waals surface area contributed by atoms with Crippen molar-refractivity contribution < 1.29 is 9.90 Å². The lowest BCUT2D eigenvalue weighted by Gasteiger charge is -2.26. The highest BCUT2D eigenvalue weighted by molar-refractivity contribution is 6.34. The molecule has 1 aromatic carbocycles. The summed E-state index contributed by atoms with van der Waals surface area (Å²) in [6, 6.07) is 5.09. The molecular weight excluding hydrogens is 214 g/mol. The van der Waals surface area contributed by atoms with Crippen molar-refractivity contribution in [2.45, 2.75) is 19.9 Å². The number of carbonyl (C=O) groups is 1. The van der Waals surface area contributed by atoms with Crippen LogP contribution in [-0.2, 0) is 0 Å². The second-order valence-corrected chi connectivity index (χ2v) is 4.05. The quantitative estimate of drug-likeness (QED) is 0.863. The van der Waals surface area contributed by atoms with Gasteiger partial charge in [-0.2, -0.15) is 0 Å². The van der Waals surface area contributed by atoms with Gasteiger partial charge in [0, 0.05) is 13.1 Å². The average Bonchev–Trinajstić information content (AvgIpc) is 2.16. The van der Waals surface area contributed by atoms with Crippen LogP contribution in [0, 0.1) is 0 Å². The molecule has 1 N–H and O–H groups in total. The highest BCUT2D eigenvalue weighted by atomic mass is 35.5. The first-order valence-electron chi connectivity index (χ1n) is 4.69. The topological polar surface area (TPSA) is 40.5 Å². The Morgan fingerprint density at radius 2 is 2.07 bits per heavy atom.